The largest absolute Gasteiger partial charge is 0.494 e. The van der Waals surface area contributed by atoms with Crippen molar-refractivity contribution in [2.75, 3.05) is 6.61 Å². The maximum absolute atomic E-state index is 5.72. The predicted molar refractivity (Wildman–Crippen MR) is 77.5 cm³/mol. The summed E-state index contributed by atoms with van der Waals surface area (Å²) in [5, 5.41) is 0. The van der Waals surface area contributed by atoms with Crippen LogP contribution in [-0.2, 0) is 6.42 Å². The SMILES string of the molecule is CCCCCCOc1ccc(Cc2ncc[nH]2)cc1. The van der Waals surface area contributed by atoms with E-state index in [0.29, 0.717) is 0 Å². The number of nitrogens with one attached hydrogen (secondary N) is 1. The zero-order chi connectivity index (χ0) is 13.3. The zero-order valence-electron chi connectivity index (χ0n) is 11.6. The molecule has 0 saturated carbocycles. The topological polar surface area (TPSA) is 37.9 Å². The van der Waals surface area contributed by atoms with Crippen molar-refractivity contribution < 1.29 is 4.74 Å². The Bertz CT molecular complexity index is 448. The first-order valence-electron chi connectivity index (χ1n) is 7.08. The van der Waals surface area contributed by atoms with Gasteiger partial charge in [0.05, 0.1) is 6.61 Å². The van der Waals surface area contributed by atoms with Gasteiger partial charge < -0.3 is 9.72 Å². The summed E-state index contributed by atoms with van der Waals surface area (Å²) in [7, 11) is 0. The lowest BCUT2D eigenvalue weighted by Crippen LogP contribution is -1.97. The van der Waals surface area contributed by atoms with Crippen LogP contribution in [0.1, 0.15) is 44.0 Å². The highest BCUT2D eigenvalue weighted by atomic mass is 16.5. The van der Waals surface area contributed by atoms with Gasteiger partial charge in [-0.15, -0.1) is 0 Å². The van der Waals surface area contributed by atoms with Crippen LogP contribution in [0, 0.1) is 0 Å². The van der Waals surface area contributed by atoms with Crippen molar-refractivity contribution in [1.29, 1.82) is 0 Å². The highest BCUT2D eigenvalue weighted by Crippen LogP contribution is 2.14. The molecule has 2 rings (SSSR count). The smallest absolute Gasteiger partial charge is 0.119 e. The van der Waals surface area contributed by atoms with Crippen molar-refractivity contribution in [3.05, 3.63) is 48.0 Å². The molecule has 0 unspecified atom stereocenters. The molecule has 0 bridgehead atoms. The summed E-state index contributed by atoms with van der Waals surface area (Å²) in [5.41, 5.74) is 1.24. The Labute approximate surface area is 115 Å². The second-order valence-electron chi connectivity index (χ2n) is 4.77. The van der Waals surface area contributed by atoms with Crippen molar-refractivity contribution in [1.82, 2.24) is 9.97 Å². The molecule has 0 fully saturated rings. The Morgan fingerprint density at radius 1 is 1.11 bits per heavy atom. The second-order valence-corrected chi connectivity index (χ2v) is 4.77. The zero-order valence-corrected chi connectivity index (χ0v) is 11.6. The van der Waals surface area contributed by atoms with Gasteiger partial charge in [0.2, 0.25) is 0 Å². The van der Waals surface area contributed by atoms with Crippen molar-refractivity contribution >= 4 is 0 Å². The molecular formula is C16H22N2O. The van der Waals surface area contributed by atoms with Crippen LogP contribution in [0.25, 0.3) is 0 Å². The summed E-state index contributed by atoms with van der Waals surface area (Å²) in [6.07, 6.45) is 9.43. The summed E-state index contributed by atoms with van der Waals surface area (Å²) in [6.45, 7) is 3.04. The van der Waals surface area contributed by atoms with Crippen LogP contribution in [0.15, 0.2) is 36.7 Å². The first-order chi connectivity index (χ1) is 9.38. The first kappa shape index (κ1) is 13.7. The highest BCUT2D eigenvalue weighted by molar-refractivity contribution is 5.28. The Balaban J connectivity index is 1.75. The van der Waals surface area contributed by atoms with E-state index in [4.69, 9.17) is 4.74 Å². The molecule has 102 valence electrons. The van der Waals surface area contributed by atoms with Crippen LogP contribution >= 0.6 is 0 Å². The van der Waals surface area contributed by atoms with Crippen LogP contribution in [0.5, 0.6) is 5.75 Å². The minimum Gasteiger partial charge on any atom is -0.494 e. The molecule has 1 N–H and O–H groups in total. The number of aromatic nitrogens is 2. The molecule has 0 radical (unpaired) electrons. The molecule has 0 aliphatic carbocycles. The Morgan fingerprint density at radius 3 is 2.63 bits per heavy atom. The van der Waals surface area contributed by atoms with Gasteiger partial charge in [0.25, 0.3) is 0 Å². The molecule has 0 saturated heterocycles. The molecule has 0 aliphatic heterocycles. The fourth-order valence-electron chi connectivity index (χ4n) is 2.01. The number of H-pyrrole nitrogens is 1. The monoisotopic (exact) mass is 258 g/mol. The first-order valence-corrected chi connectivity index (χ1v) is 7.08. The lowest BCUT2D eigenvalue weighted by atomic mass is 10.1. The maximum atomic E-state index is 5.72. The van der Waals surface area contributed by atoms with E-state index in [1.54, 1.807) is 6.20 Å². The highest BCUT2D eigenvalue weighted by Gasteiger charge is 1.99. The summed E-state index contributed by atoms with van der Waals surface area (Å²) in [6, 6.07) is 8.28. The Kier molecular flexibility index (Phi) is 5.48. The molecule has 0 aliphatic rings. The van der Waals surface area contributed by atoms with Crippen molar-refractivity contribution in [3.63, 3.8) is 0 Å². The molecule has 0 spiro atoms. The molecule has 0 atom stereocenters. The van der Waals surface area contributed by atoms with Gasteiger partial charge in [-0.05, 0) is 24.1 Å². The van der Waals surface area contributed by atoms with Gasteiger partial charge in [0.1, 0.15) is 11.6 Å². The molecule has 3 nitrogen and oxygen atoms in total. The molecule has 1 aromatic carbocycles. The van der Waals surface area contributed by atoms with Crippen molar-refractivity contribution in [2.45, 2.75) is 39.0 Å². The van der Waals surface area contributed by atoms with Gasteiger partial charge in [-0.2, -0.15) is 0 Å². The van der Waals surface area contributed by atoms with E-state index in [1.165, 1.54) is 24.8 Å². The van der Waals surface area contributed by atoms with Crippen LogP contribution in [-0.4, -0.2) is 16.6 Å². The molecule has 2 aromatic rings. The minimum atomic E-state index is 0.817. The summed E-state index contributed by atoms with van der Waals surface area (Å²) < 4.78 is 5.72. The quantitative estimate of drug-likeness (QED) is 0.728. The van der Waals surface area contributed by atoms with E-state index < -0.39 is 0 Å². The van der Waals surface area contributed by atoms with Gasteiger partial charge in [0.15, 0.2) is 0 Å². The molecule has 0 amide bonds. The summed E-state index contributed by atoms with van der Waals surface area (Å²) in [5.74, 6) is 1.95. The van der Waals surface area contributed by atoms with E-state index >= 15 is 0 Å². The number of ether oxygens (including phenoxy) is 1. The standard InChI is InChI=1S/C16H22N2O/c1-2-3-4-5-12-19-15-8-6-14(7-9-15)13-16-17-10-11-18-16/h6-11H,2-5,12-13H2,1H3,(H,17,18). The molecular weight excluding hydrogens is 236 g/mol. The third kappa shape index (κ3) is 4.78. The third-order valence-electron chi connectivity index (χ3n) is 3.12. The lowest BCUT2D eigenvalue weighted by Gasteiger charge is -2.06. The lowest BCUT2D eigenvalue weighted by molar-refractivity contribution is 0.305. The molecule has 19 heavy (non-hydrogen) atoms. The van der Waals surface area contributed by atoms with Crippen LogP contribution in [0.2, 0.25) is 0 Å². The fourth-order valence-corrected chi connectivity index (χ4v) is 2.01. The average Bonchev–Trinajstić information content (AvgIpc) is 2.93. The molecule has 3 heteroatoms. The number of aromatic amines is 1. The van der Waals surface area contributed by atoms with E-state index in [9.17, 15) is 0 Å². The molecule has 1 heterocycles. The number of rotatable bonds is 8. The predicted octanol–water partition coefficient (Wildman–Crippen LogP) is 3.96. The van der Waals surface area contributed by atoms with Crippen molar-refractivity contribution in [3.8, 4) is 5.75 Å². The number of imidazole rings is 1. The second kappa shape index (κ2) is 7.62. The van der Waals surface area contributed by atoms with Gasteiger partial charge in [-0.3, -0.25) is 0 Å². The van der Waals surface area contributed by atoms with Gasteiger partial charge in [-0.1, -0.05) is 38.3 Å². The van der Waals surface area contributed by atoms with E-state index in [2.05, 4.69) is 29.0 Å². The number of benzene rings is 1. The van der Waals surface area contributed by atoms with Gasteiger partial charge in [-0.25, -0.2) is 4.98 Å². The summed E-state index contributed by atoms with van der Waals surface area (Å²) >= 11 is 0. The van der Waals surface area contributed by atoms with Crippen LogP contribution in [0.3, 0.4) is 0 Å². The number of hydrogen-bond donors (Lipinski definition) is 1. The van der Waals surface area contributed by atoms with Crippen LogP contribution in [0.4, 0.5) is 0 Å². The minimum absolute atomic E-state index is 0.817. The number of hydrogen-bond acceptors (Lipinski definition) is 2. The number of nitrogens with zero attached hydrogens (tertiary/aromatic N) is 1. The van der Waals surface area contributed by atoms with E-state index in [-0.39, 0.29) is 0 Å². The summed E-state index contributed by atoms with van der Waals surface area (Å²) in [4.78, 5) is 7.34. The van der Waals surface area contributed by atoms with Gasteiger partial charge in [0, 0.05) is 18.8 Å². The third-order valence-corrected chi connectivity index (χ3v) is 3.12. The maximum Gasteiger partial charge on any atom is 0.119 e. The normalized spacial score (nSPS) is 10.6. The number of unbranched alkanes of at least 4 members (excludes halogenated alkanes) is 3. The van der Waals surface area contributed by atoms with Crippen LogP contribution < -0.4 is 4.74 Å². The van der Waals surface area contributed by atoms with Gasteiger partial charge >= 0.3 is 0 Å². The fraction of sp³-hybridized carbons (Fsp3) is 0.438. The van der Waals surface area contributed by atoms with E-state index in [1.807, 2.05) is 18.3 Å². The van der Waals surface area contributed by atoms with Crippen molar-refractivity contribution in [2.24, 2.45) is 0 Å². The molecule has 1 aromatic heterocycles. The Hall–Kier alpha value is -1.77. The average molecular weight is 258 g/mol. The van der Waals surface area contributed by atoms with E-state index in [0.717, 1.165) is 31.0 Å². The Morgan fingerprint density at radius 2 is 1.95 bits per heavy atom.